The number of nitrogens with zero attached hydrogens (tertiary/aromatic N) is 5. The maximum Gasteiger partial charge on any atom is 0.346 e. The lowest BCUT2D eigenvalue weighted by Crippen LogP contribution is -2.26. The second kappa shape index (κ2) is 9.82. The molecule has 1 aliphatic carbocycles. The molecule has 1 saturated carbocycles. The van der Waals surface area contributed by atoms with Crippen LogP contribution in [0.1, 0.15) is 29.5 Å². The van der Waals surface area contributed by atoms with Gasteiger partial charge in [-0.15, -0.1) is 23.7 Å². The zero-order chi connectivity index (χ0) is 22.1. The Labute approximate surface area is 199 Å². The van der Waals surface area contributed by atoms with Crippen molar-refractivity contribution in [2.45, 2.75) is 31.8 Å². The van der Waals surface area contributed by atoms with Crippen LogP contribution in [0.3, 0.4) is 0 Å². The Bertz CT molecular complexity index is 1320. The van der Waals surface area contributed by atoms with E-state index in [-0.39, 0.29) is 31.2 Å². The standard InChI is InChI=1S/C22H21FN6O2S.ClH/c23-9-14(10-24)11-29-22(30)28(13-25-29)12-18-7-8-19(32-18)15-1-3-16(4-2-15)20-26-21(31-27-20)17-5-6-17;/h1-4,7-9,13,17H,5-6,10-12,24H2;1H/b14-9+;. The summed E-state index contributed by atoms with van der Waals surface area (Å²) in [6.07, 6.45) is 4.13. The van der Waals surface area contributed by atoms with Crippen molar-refractivity contribution in [2.75, 3.05) is 6.54 Å². The lowest BCUT2D eigenvalue weighted by Gasteiger charge is -2.01. The van der Waals surface area contributed by atoms with Gasteiger partial charge in [-0.2, -0.15) is 10.1 Å². The van der Waals surface area contributed by atoms with E-state index in [9.17, 15) is 9.18 Å². The second-order valence-corrected chi connectivity index (χ2v) is 8.91. The molecule has 33 heavy (non-hydrogen) atoms. The average molecular weight is 489 g/mol. The number of thiophene rings is 1. The summed E-state index contributed by atoms with van der Waals surface area (Å²) in [5.41, 5.74) is 7.45. The van der Waals surface area contributed by atoms with Crippen LogP contribution in [0.4, 0.5) is 4.39 Å². The fourth-order valence-corrected chi connectivity index (χ4v) is 4.35. The van der Waals surface area contributed by atoms with E-state index in [1.54, 1.807) is 11.3 Å². The Balaban J connectivity index is 0.00000259. The van der Waals surface area contributed by atoms with Gasteiger partial charge in [-0.05, 0) is 36.1 Å². The van der Waals surface area contributed by atoms with Crippen LogP contribution >= 0.6 is 23.7 Å². The quantitative estimate of drug-likeness (QED) is 0.402. The lowest BCUT2D eigenvalue weighted by atomic mass is 10.1. The predicted molar refractivity (Wildman–Crippen MR) is 126 cm³/mol. The molecule has 4 aromatic rings. The molecule has 0 amide bonds. The van der Waals surface area contributed by atoms with Crippen molar-refractivity contribution in [1.82, 2.24) is 24.5 Å². The van der Waals surface area contributed by atoms with Crippen LogP contribution in [0.5, 0.6) is 0 Å². The van der Waals surface area contributed by atoms with Crippen molar-refractivity contribution in [3.05, 3.63) is 75.9 Å². The predicted octanol–water partition coefficient (Wildman–Crippen LogP) is 3.98. The first-order chi connectivity index (χ1) is 15.6. The second-order valence-electron chi connectivity index (χ2n) is 7.74. The van der Waals surface area contributed by atoms with Crippen LogP contribution in [0.25, 0.3) is 21.8 Å². The Hall–Kier alpha value is -3.08. The molecule has 5 rings (SSSR count). The van der Waals surface area contributed by atoms with E-state index in [0.717, 1.165) is 39.6 Å². The van der Waals surface area contributed by atoms with Gasteiger partial charge in [0.25, 0.3) is 0 Å². The van der Waals surface area contributed by atoms with Gasteiger partial charge in [-0.3, -0.25) is 4.57 Å². The summed E-state index contributed by atoms with van der Waals surface area (Å²) in [5.74, 6) is 1.77. The highest BCUT2D eigenvalue weighted by molar-refractivity contribution is 7.15. The Kier molecular flexibility index (Phi) is 6.87. The van der Waals surface area contributed by atoms with Gasteiger partial charge in [0.05, 0.1) is 19.4 Å². The Morgan fingerprint density at radius 1 is 1.21 bits per heavy atom. The summed E-state index contributed by atoms with van der Waals surface area (Å²) in [6.45, 7) is 0.479. The third-order valence-corrected chi connectivity index (χ3v) is 6.47. The summed E-state index contributed by atoms with van der Waals surface area (Å²) in [7, 11) is 0. The SMILES string of the molecule is Cl.NC/C(=C\F)Cn1ncn(Cc2ccc(-c3ccc(-c4noc(C5CC5)n4)cc3)s2)c1=O. The van der Waals surface area contributed by atoms with E-state index in [0.29, 0.717) is 30.2 Å². The molecule has 172 valence electrons. The molecule has 0 bridgehead atoms. The van der Waals surface area contributed by atoms with Crippen molar-refractivity contribution in [2.24, 2.45) is 5.73 Å². The molecular weight excluding hydrogens is 467 g/mol. The Morgan fingerprint density at radius 3 is 2.67 bits per heavy atom. The van der Waals surface area contributed by atoms with Gasteiger partial charge in [0, 0.05) is 27.8 Å². The van der Waals surface area contributed by atoms with E-state index in [1.165, 1.54) is 15.6 Å². The minimum atomic E-state index is -0.303. The van der Waals surface area contributed by atoms with Crippen LogP contribution in [0, 0.1) is 0 Å². The van der Waals surface area contributed by atoms with E-state index in [1.807, 2.05) is 36.4 Å². The molecule has 2 N–H and O–H groups in total. The highest BCUT2D eigenvalue weighted by Gasteiger charge is 2.29. The fraction of sp³-hybridized carbons (Fsp3) is 0.273. The molecule has 0 spiro atoms. The molecule has 1 aromatic carbocycles. The summed E-state index contributed by atoms with van der Waals surface area (Å²) in [6, 6.07) is 12.0. The third-order valence-electron chi connectivity index (χ3n) is 5.35. The summed E-state index contributed by atoms with van der Waals surface area (Å²) >= 11 is 1.60. The maximum absolute atomic E-state index is 12.7. The highest BCUT2D eigenvalue weighted by atomic mass is 35.5. The van der Waals surface area contributed by atoms with Crippen molar-refractivity contribution in [1.29, 1.82) is 0 Å². The topological polar surface area (TPSA) is 105 Å². The van der Waals surface area contributed by atoms with Crippen LogP contribution in [-0.4, -0.2) is 31.0 Å². The molecule has 1 fully saturated rings. The van der Waals surface area contributed by atoms with Crippen molar-refractivity contribution in [3.63, 3.8) is 0 Å². The molecule has 0 atom stereocenters. The largest absolute Gasteiger partial charge is 0.346 e. The third kappa shape index (κ3) is 4.97. The molecule has 1 aliphatic rings. The number of aromatic nitrogens is 5. The van der Waals surface area contributed by atoms with E-state index >= 15 is 0 Å². The molecule has 0 saturated heterocycles. The molecule has 0 radical (unpaired) electrons. The number of nitrogens with two attached hydrogens (primary N) is 1. The normalized spacial score (nSPS) is 13.8. The molecule has 11 heteroatoms. The maximum atomic E-state index is 12.7. The summed E-state index contributed by atoms with van der Waals surface area (Å²) in [5, 5.41) is 8.14. The van der Waals surface area contributed by atoms with E-state index in [2.05, 4.69) is 15.2 Å². The van der Waals surface area contributed by atoms with Gasteiger partial charge < -0.3 is 10.3 Å². The van der Waals surface area contributed by atoms with Gasteiger partial charge >= 0.3 is 5.69 Å². The number of hydrogen-bond donors (Lipinski definition) is 1. The number of rotatable bonds is 8. The van der Waals surface area contributed by atoms with Crippen LogP contribution in [0.2, 0.25) is 0 Å². The van der Waals surface area contributed by atoms with Crippen LogP contribution < -0.4 is 11.4 Å². The number of benzene rings is 1. The zero-order valence-corrected chi connectivity index (χ0v) is 19.2. The molecular formula is C22H22ClFN6O2S. The summed E-state index contributed by atoms with van der Waals surface area (Å²) in [4.78, 5) is 19.1. The van der Waals surface area contributed by atoms with Gasteiger partial charge in [-0.25, -0.2) is 13.9 Å². The molecule has 3 heterocycles. The molecule has 0 unspecified atom stereocenters. The van der Waals surface area contributed by atoms with Crippen molar-refractivity contribution in [3.8, 4) is 21.8 Å². The minimum absolute atomic E-state index is 0. The summed E-state index contributed by atoms with van der Waals surface area (Å²) < 4.78 is 20.8. The first-order valence-electron chi connectivity index (χ1n) is 10.3. The number of halogens is 2. The van der Waals surface area contributed by atoms with Crippen LogP contribution in [0.15, 0.2) is 63.9 Å². The first kappa shape index (κ1) is 23.1. The minimum Gasteiger partial charge on any atom is -0.339 e. The monoisotopic (exact) mass is 488 g/mol. The molecule has 0 aliphatic heterocycles. The van der Waals surface area contributed by atoms with Gasteiger partial charge in [0.2, 0.25) is 11.7 Å². The lowest BCUT2D eigenvalue weighted by molar-refractivity contribution is 0.380. The van der Waals surface area contributed by atoms with Crippen molar-refractivity contribution >= 4 is 23.7 Å². The molecule has 8 nitrogen and oxygen atoms in total. The fourth-order valence-electron chi connectivity index (χ4n) is 3.34. The molecule has 3 aromatic heterocycles. The van der Waals surface area contributed by atoms with Crippen LogP contribution in [-0.2, 0) is 13.1 Å². The van der Waals surface area contributed by atoms with E-state index < -0.39 is 0 Å². The first-order valence-corrected chi connectivity index (χ1v) is 11.1. The van der Waals surface area contributed by atoms with Gasteiger partial charge in [0.1, 0.15) is 6.33 Å². The van der Waals surface area contributed by atoms with Crippen molar-refractivity contribution < 1.29 is 8.91 Å². The number of hydrogen-bond acceptors (Lipinski definition) is 7. The highest BCUT2D eigenvalue weighted by Crippen LogP contribution is 2.39. The smallest absolute Gasteiger partial charge is 0.339 e. The zero-order valence-electron chi connectivity index (χ0n) is 17.6. The van der Waals surface area contributed by atoms with Gasteiger partial charge in [0.15, 0.2) is 0 Å². The Morgan fingerprint density at radius 2 is 1.97 bits per heavy atom. The van der Waals surface area contributed by atoms with Gasteiger partial charge in [-0.1, -0.05) is 29.4 Å². The van der Waals surface area contributed by atoms with E-state index in [4.69, 9.17) is 10.3 Å². The average Bonchev–Trinajstić information content (AvgIpc) is 3.21.